The highest BCUT2D eigenvalue weighted by atomic mass is 35.5. The van der Waals surface area contributed by atoms with Crippen LogP contribution < -0.4 is 10.6 Å². The lowest BCUT2D eigenvalue weighted by Gasteiger charge is -2.07. The Kier molecular flexibility index (Phi) is 5.89. The Hall–Kier alpha value is -2.19. The molecule has 4 nitrogen and oxygen atoms in total. The molecule has 0 saturated carbocycles. The van der Waals surface area contributed by atoms with Gasteiger partial charge in [0.25, 0.3) is 5.91 Å². The third kappa shape index (κ3) is 4.64. The molecule has 0 fully saturated rings. The molecule has 0 aliphatic heterocycles. The molecule has 0 aromatic heterocycles. The normalized spacial score (nSPS) is 10.8. The van der Waals surface area contributed by atoms with E-state index < -0.39 is 5.91 Å². The van der Waals surface area contributed by atoms with E-state index in [1.807, 2.05) is 6.07 Å². The van der Waals surface area contributed by atoms with Crippen LogP contribution in [-0.4, -0.2) is 5.91 Å². The van der Waals surface area contributed by atoms with Crippen molar-refractivity contribution in [3.8, 4) is 6.07 Å². The molecule has 116 valence electrons. The second-order valence-electron chi connectivity index (χ2n) is 4.38. The number of para-hydroxylation sites is 1. The van der Waals surface area contributed by atoms with Gasteiger partial charge in [0.1, 0.15) is 11.6 Å². The predicted molar refractivity (Wildman–Crippen MR) is 93.9 cm³/mol. The van der Waals surface area contributed by atoms with Crippen molar-refractivity contribution in [2.75, 3.05) is 10.6 Å². The Labute approximate surface area is 148 Å². The van der Waals surface area contributed by atoms with Crippen LogP contribution in [0.1, 0.15) is 0 Å². The smallest absolute Gasteiger partial charge is 0.267 e. The molecule has 2 N–H and O–H groups in total. The summed E-state index contributed by atoms with van der Waals surface area (Å²) in [6, 6.07) is 13.4. The van der Waals surface area contributed by atoms with Crippen LogP contribution in [0.2, 0.25) is 15.1 Å². The number of hydrogen-bond acceptors (Lipinski definition) is 3. The van der Waals surface area contributed by atoms with E-state index in [4.69, 9.17) is 40.1 Å². The summed E-state index contributed by atoms with van der Waals surface area (Å²) in [7, 11) is 0. The molecule has 0 saturated heterocycles. The Morgan fingerprint density at radius 3 is 2.43 bits per heavy atom. The topological polar surface area (TPSA) is 64.9 Å². The number of amides is 1. The van der Waals surface area contributed by atoms with Crippen LogP contribution in [0.5, 0.6) is 0 Å². The molecule has 0 atom stereocenters. The minimum Gasteiger partial charge on any atom is -0.360 e. The third-order valence-corrected chi connectivity index (χ3v) is 3.86. The first kappa shape index (κ1) is 17.2. The zero-order valence-corrected chi connectivity index (χ0v) is 13.9. The second kappa shape index (κ2) is 7.89. The van der Waals surface area contributed by atoms with Crippen LogP contribution in [0.3, 0.4) is 0 Å². The standard InChI is InChI=1S/C16H10Cl3N3O/c17-12-6-5-11(7-14(12)19)21-9-10(8-20)16(23)22-15-4-2-1-3-13(15)18/h1-7,9,21H,(H,22,23)/b10-9-. The summed E-state index contributed by atoms with van der Waals surface area (Å²) in [5.41, 5.74) is 0.906. The van der Waals surface area contributed by atoms with Crippen LogP contribution in [-0.2, 0) is 4.79 Å². The number of carbonyl (C=O) groups excluding carboxylic acids is 1. The third-order valence-electron chi connectivity index (χ3n) is 2.79. The number of nitriles is 1. The number of carbonyl (C=O) groups is 1. The van der Waals surface area contributed by atoms with Crippen molar-refractivity contribution in [3.63, 3.8) is 0 Å². The van der Waals surface area contributed by atoms with Crippen LogP contribution >= 0.6 is 34.8 Å². The molecule has 0 bridgehead atoms. The maximum Gasteiger partial charge on any atom is 0.267 e. The van der Waals surface area contributed by atoms with E-state index in [2.05, 4.69) is 10.6 Å². The van der Waals surface area contributed by atoms with Gasteiger partial charge in [0, 0.05) is 11.9 Å². The van der Waals surface area contributed by atoms with Gasteiger partial charge in [-0.15, -0.1) is 0 Å². The molecule has 0 heterocycles. The largest absolute Gasteiger partial charge is 0.360 e. The van der Waals surface area contributed by atoms with Gasteiger partial charge < -0.3 is 10.6 Å². The number of rotatable bonds is 4. The lowest BCUT2D eigenvalue weighted by atomic mass is 10.2. The molecule has 2 rings (SSSR count). The SMILES string of the molecule is N#C/C(=C/Nc1ccc(Cl)c(Cl)c1)C(=O)Nc1ccccc1Cl. The molecule has 2 aromatic rings. The van der Waals surface area contributed by atoms with Gasteiger partial charge in [0.05, 0.1) is 20.8 Å². The highest BCUT2D eigenvalue weighted by molar-refractivity contribution is 6.42. The predicted octanol–water partition coefficient (Wildman–Crippen LogP) is 5.10. The molecule has 23 heavy (non-hydrogen) atoms. The van der Waals surface area contributed by atoms with Gasteiger partial charge in [-0.3, -0.25) is 4.79 Å². The Morgan fingerprint density at radius 2 is 1.78 bits per heavy atom. The molecule has 7 heteroatoms. The van der Waals surface area contributed by atoms with E-state index in [0.717, 1.165) is 0 Å². The van der Waals surface area contributed by atoms with Crippen LogP contribution in [0.15, 0.2) is 54.2 Å². The van der Waals surface area contributed by atoms with Crippen LogP contribution in [0.25, 0.3) is 0 Å². The summed E-state index contributed by atoms with van der Waals surface area (Å²) in [5, 5.41) is 15.7. The fourth-order valence-electron chi connectivity index (χ4n) is 1.64. The van der Waals surface area contributed by atoms with Gasteiger partial charge >= 0.3 is 0 Å². The van der Waals surface area contributed by atoms with Crippen molar-refractivity contribution < 1.29 is 4.79 Å². The average molecular weight is 367 g/mol. The first-order valence-electron chi connectivity index (χ1n) is 6.39. The minimum atomic E-state index is -0.576. The van der Waals surface area contributed by atoms with Crippen molar-refractivity contribution in [1.82, 2.24) is 0 Å². The molecule has 2 aromatic carbocycles. The summed E-state index contributed by atoms with van der Waals surface area (Å²) >= 11 is 17.7. The monoisotopic (exact) mass is 365 g/mol. The van der Waals surface area contributed by atoms with Gasteiger partial charge in [0.15, 0.2) is 0 Å². The first-order valence-corrected chi connectivity index (χ1v) is 7.52. The van der Waals surface area contributed by atoms with Crippen LogP contribution in [0, 0.1) is 11.3 Å². The van der Waals surface area contributed by atoms with Crippen molar-refractivity contribution >= 4 is 52.1 Å². The number of anilines is 2. The number of hydrogen-bond donors (Lipinski definition) is 2. The minimum absolute atomic E-state index is 0.115. The van der Waals surface area contributed by atoms with Crippen molar-refractivity contribution in [2.45, 2.75) is 0 Å². The van der Waals surface area contributed by atoms with E-state index in [9.17, 15) is 4.79 Å². The summed E-state index contributed by atoms with van der Waals surface area (Å²) in [6.45, 7) is 0. The highest BCUT2D eigenvalue weighted by Gasteiger charge is 2.11. The quantitative estimate of drug-likeness (QED) is 0.584. The molecule has 1 amide bonds. The number of halogens is 3. The Morgan fingerprint density at radius 1 is 1.04 bits per heavy atom. The molecule has 0 radical (unpaired) electrons. The van der Waals surface area contributed by atoms with Crippen LogP contribution in [0.4, 0.5) is 11.4 Å². The fourth-order valence-corrected chi connectivity index (χ4v) is 2.12. The van der Waals surface area contributed by atoms with E-state index in [0.29, 0.717) is 26.4 Å². The number of nitrogens with zero attached hydrogens (tertiary/aromatic N) is 1. The maximum atomic E-state index is 12.1. The molecule has 0 spiro atoms. The van der Waals surface area contributed by atoms with Crippen molar-refractivity contribution in [3.05, 3.63) is 69.3 Å². The summed E-state index contributed by atoms with van der Waals surface area (Å²) in [4.78, 5) is 12.1. The molecule has 0 aliphatic rings. The maximum absolute atomic E-state index is 12.1. The van der Waals surface area contributed by atoms with Crippen molar-refractivity contribution in [1.29, 1.82) is 5.26 Å². The average Bonchev–Trinajstić information content (AvgIpc) is 2.53. The zero-order chi connectivity index (χ0) is 16.8. The molecule has 0 unspecified atom stereocenters. The molecular formula is C16H10Cl3N3O. The van der Waals surface area contributed by atoms with Gasteiger partial charge in [0.2, 0.25) is 0 Å². The van der Waals surface area contributed by atoms with Gasteiger partial charge in [-0.25, -0.2) is 0 Å². The van der Waals surface area contributed by atoms with E-state index in [1.54, 1.807) is 42.5 Å². The Balaban J connectivity index is 2.12. The van der Waals surface area contributed by atoms with E-state index in [-0.39, 0.29) is 5.57 Å². The van der Waals surface area contributed by atoms with E-state index in [1.165, 1.54) is 6.20 Å². The molecule has 0 aliphatic carbocycles. The van der Waals surface area contributed by atoms with E-state index >= 15 is 0 Å². The number of nitrogens with one attached hydrogen (secondary N) is 2. The summed E-state index contributed by atoms with van der Waals surface area (Å²) in [5.74, 6) is -0.576. The zero-order valence-electron chi connectivity index (χ0n) is 11.6. The summed E-state index contributed by atoms with van der Waals surface area (Å²) in [6.07, 6.45) is 1.28. The van der Waals surface area contributed by atoms with Gasteiger partial charge in [-0.1, -0.05) is 46.9 Å². The highest BCUT2D eigenvalue weighted by Crippen LogP contribution is 2.25. The summed E-state index contributed by atoms with van der Waals surface area (Å²) < 4.78 is 0. The lowest BCUT2D eigenvalue weighted by Crippen LogP contribution is -2.14. The molecular weight excluding hydrogens is 357 g/mol. The lowest BCUT2D eigenvalue weighted by molar-refractivity contribution is -0.112. The van der Waals surface area contributed by atoms with Gasteiger partial charge in [-0.2, -0.15) is 5.26 Å². The fraction of sp³-hybridized carbons (Fsp3) is 0. The number of benzene rings is 2. The first-order chi connectivity index (χ1) is 11.0. The van der Waals surface area contributed by atoms with Crippen molar-refractivity contribution in [2.24, 2.45) is 0 Å². The Bertz CT molecular complexity index is 812. The van der Waals surface area contributed by atoms with Gasteiger partial charge in [-0.05, 0) is 30.3 Å². The second-order valence-corrected chi connectivity index (χ2v) is 5.60.